The number of anilines is 1. The Morgan fingerprint density at radius 2 is 1.97 bits per heavy atom. The van der Waals surface area contributed by atoms with E-state index in [4.69, 9.17) is 4.42 Å². The van der Waals surface area contributed by atoms with E-state index < -0.39 is 5.41 Å². The second kappa shape index (κ2) is 6.44. The Hall–Kier alpha value is -3.12. The van der Waals surface area contributed by atoms with Crippen molar-refractivity contribution in [1.82, 2.24) is 4.57 Å². The van der Waals surface area contributed by atoms with E-state index in [9.17, 15) is 9.59 Å². The molecule has 0 fully saturated rings. The van der Waals surface area contributed by atoms with Gasteiger partial charge in [-0.2, -0.15) is 0 Å². The average molecular weight is 431 g/mol. The van der Waals surface area contributed by atoms with Crippen LogP contribution in [0.5, 0.6) is 0 Å². The number of amides is 1. The van der Waals surface area contributed by atoms with Gasteiger partial charge in [0.2, 0.25) is 5.91 Å². The van der Waals surface area contributed by atoms with Crippen molar-refractivity contribution in [2.75, 3.05) is 4.90 Å². The lowest BCUT2D eigenvalue weighted by molar-refractivity contribution is -0.121. The predicted octanol–water partition coefficient (Wildman–Crippen LogP) is 5.02. The van der Waals surface area contributed by atoms with Gasteiger partial charge < -0.3 is 13.9 Å². The number of carbonyl (C=O) groups is 1. The standard InChI is InChI=1S/C25H22N2O3S/c1-15(2)21-8-7-16(31-21)14-27-19-6-4-3-5-18(19)25(24(27)29)10-11-26-22(25)13-20-17(23(26)28)9-12-30-20/h3-9,12-13,15H,10-11,14H2,1-2H3. The number of hydrogen-bond donors (Lipinski definition) is 0. The maximum atomic E-state index is 14.1. The van der Waals surface area contributed by atoms with Crippen molar-refractivity contribution in [3.05, 3.63) is 86.2 Å². The molecule has 0 N–H and O–H groups in total. The maximum Gasteiger partial charge on any atom is 0.261 e. The first-order chi connectivity index (χ1) is 15.0. The van der Waals surface area contributed by atoms with Gasteiger partial charge in [-0.15, -0.1) is 11.3 Å². The summed E-state index contributed by atoms with van der Waals surface area (Å²) in [6, 6.07) is 15.9. The minimum absolute atomic E-state index is 0.0461. The van der Waals surface area contributed by atoms with Crippen LogP contribution in [-0.4, -0.2) is 10.5 Å². The van der Waals surface area contributed by atoms with E-state index in [1.807, 2.05) is 35.2 Å². The molecule has 1 atom stereocenters. The Morgan fingerprint density at radius 1 is 1.13 bits per heavy atom. The zero-order valence-corrected chi connectivity index (χ0v) is 18.2. The summed E-state index contributed by atoms with van der Waals surface area (Å²) in [6.07, 6.45) is 2.12. The molecule has 3 aromatic heterocycles. The van der Waals surface area contributed by atoms with Gasteiger partial charge in [0, 0.05) is 33.7 Å². The molecule has 156 valence electrons. The number of pyridine rings is 1. The van der Waals surface area contributed by atoms with Gasteiger partial charge in [-0.25, -0.2) is 0 Å². The Kier molecular flexibility index (Phi) is 3.87. The van der Waals surface area contributed by atoms with Gasteiger partial charge in [0.05, 0.1) is 18.2 Å². The third-order valence-electron chi connectivity index (χ3n) is 6.71. The van der Waals surface area contributed by atoms with Crippen molar-refractivity contribution in [2.24, 2.45) is 0 Å². The number of benzene rings is 1. The van der Waals surface area contributed by atoms with E-state index in [0.29, 0.717) is 36.4 Å². The van der Waals surface area contributed by atoms with Crippen LogP contribution in [0.4, 0.5) is 5.69 Å². The first-order valence-electron chi connectivity index (χ1n) is 10.6. The molecule has 1 unspecified atom stereocenters. The molecular formula is C25H22N2O3S. The van der Waals surface area contributed by atoms with Crippen LogP contribution < -0.4 is 10.5 Å². The molecule has 5 heterocycles. The van der Waals surface area contributed by atoms with Crippen molar-refractivity contribution in [3.8, 4) is 0 Å². The van der Waals surface area contributed by atoms with Crippen molar-refractivity contribution < 1.29 is 9.21 Å². The molecule has 1 spiro atoms. The maximum absolute atomic E-state index is 14.1. The van der Waals surface area contributed by atoms with Gasteiger partial charge in [0.25, 0.3) is 5.56 Å². The lowest BCUT2D eigenvalue weighted by atomic mass is 9.77. The molecule has 5 nitrogen and oxygen atoms in total. The molecule has 2 aliphatic rings. The molecule has 6 heteroatoms. The zero-order valence-electron chi connectivity index (χ0n) is 17.4. The molecule has 0 bridgehead atoms. The van der Waals surface area contributed by atoms with Crippen LogP contribution in [0.1, 0.15) is 47.2 Å². The number of furan rings is 1. The summed E-state index contributed by atoms with van der Waals surface area (Å²) >= 11 is 1.76. The molecule has 6 rings (SSSR count). The third-order valence-corrected chi connectivity index (χ3v) is 8.08. The molecule has 0 aliphatic carbocycles. The monoisotopic (exact) mass is 430 g/mol. The predicted molar refractivity (Wildman–Crippen MR) is 122 cm³/mol. The molecular weight excluding hydrogens is 408 g/mol. The van der Waals surface area contributed by atoms with Crippen LogP contribution in [-0.2, 0) is 23.3 Å². The average Bonchev–Trinajstić information content (AvgIpc) is 3.53. The van der Waals surface area contributed by atoms with Crippen LogP contribution in [0, 0.1) is 0 Å². The van der Waals surface area contributed by atoms with Gasteiger partial charge >= 0.3 is 0 Å². The first kappa shape index (κ1) is 18.6. The fraction of sp³-hybridized carbons (Fsp3) is 0.280. The molecule has 4 aromatic rings. The van der Waals surface area contributed by atoms with Crippen LogP contribution >= 0.6 is 11.3 Å². The summed E-state index contributed by atoms with van der Waals surface area (Å²) in [4.78, 5) is 31.5. The summed E-state index contributed by atoms with van der Waals surface area (Å²) in [5.74, 6) is 0.515. The van der Waals surface area contributed by atoms with Gasteiger partial charge in [-0.3, -0.25) is 9.59 Å². The number of nitrogens with zero attached hydrogens (tertiary/aromatic N) is 2. The summed E-state index contributed by atoms with van der Waals surface area (Å²) in [5, 5.41) is 0.566. The summed E-state index contributed by atoms with van der Waals surface area (Å²) < 4.78 is 7.32. The second-order valence-electron chi connectivity index (χ2n) is 8.71. The van der Waals surface area contributed by atoms with Gasteiger partial charge in [0.15, 0.2) is 0 Å². The van der Waals surface area contributed by atoms with Gasteiger partial charge in [0.1, 0.15) is 11.0 Å². The largest absolute Gasteiger partial charge is 0.464 e. The van der Waals surface area contributed by atoms with E-state index in [1.54, 1.807) is 22.0 Å². The zero-order chi connectivity index (χ0) is 21.3. The topological polar surface area (TPSA) is 55.5 Å². The molecule has 1 aromatic carbocycles. The second-order valence-corrected chi connectivity index (χ2v) is 9.91. The van der Waals surface area contributed by atoms with E-state index in [-0.39, 0.29) is 11.5 Å². The number of carbonyl (C=O) groups excluding carboxylic acids is 1. The smallest absolute Gasteiger partial charge is 0.261 e. The van der Waals surface area contributed by atoms with Crippen LogP contribution in [0.3, 0.4) is 0 Å². The summed E-state index contributed by atoms with van der Waals surface area (Å²) in [6.45, 7) is 5.44. The number of rotatable bonds is 3. The molecule has 2 aliphatic heterocycles. The van der Waals surface area contributed by atoms with Crippen molar-refractivity contribution >= 4 is 33.9 Å². The number of fused-ring (bicyclic) bond motifs is 5. The molecule has 1 amide bonds. The number of para-hydroxylation sites is 1. The van der Waals surface area contributed by atoms with Crippen molar-refractivity contribution in [2.45, 2.75) is 44.7 Å². The van der Waals surface area contributed by atoms with Gasteiger partial charge in [-0.1, -0.05) is 32.0 Å². The fourth-order valence-electron chi connectivity index (χ4n) is 5.17. The summed E-state index contributed by atoms with van der Waals surface area (Å²) in [5.41, 5.74) is 2.29. The molecule has 0 saturated carbocycles. The Morgan fingerprint density at radius 3 is 2.77 bits per heavy atom. The lowest BCUT2D eigenvalue weighted by Crippen LogP contribution is -2.40. The minimum atomic E-state index is -0.838. The molecule has 0 saturated heterocycles. The highest BCUT2D eigenvalue weighted by Crippen LogP contribution is 2.51. The van der Waals surface area contributed by atoms with Crippen LogP contribution in [0.2, 0.25) is 0 Å². The van der Waals surface area contributed by atoms with E-state index in [1.165, 1.54) is 16.0 Å². The van der Waals surface area contributed by atoms with Crippen LogP contribution in [0.25, 0.3) is 11.0 Å². The van der Waals surface area contributed by atoms with E-state index in [2.05, 4.69) is 26.0 Å². The molecule has 31 heavy (non-hydrogen) atoms. The lowest BCUT2D eigenvalue weighted by Gasteiger charge is -2.24. The Balaban J connectivity index is 1.51. The van der Waals surface area contributed by atoms with E-state index in [0.717, 1.165) is 16.9 Å². The quantitative estimate of drug-likeness (QED) is 0.459. The SMILES string of the molecule is CC(C)c1ccc(CN2C(=O)C3(CCn4c3cc3occc3c4=O)c3ccccc32)s1. The number of hydrogen-bond acceptors (Lipinski definition) is 4. The highest BCUT2D eigenvalue weighted by Gasteiger charge is 2.56. The third kappa shape index (κ3) is 2.42. The molecule has 0 radical (unpaired) electrons. The van der Waals surface area contributed by atoms with E-state index >= 15 is 0 Å². The fourth-order valence-corrected chi connectivity index (χ4v) is 6.17. The number of aromatic nitrogens is 1. The van der Waals surface area contributed by atoms with Gasteiger partial charge in [-0.05, 0) is 42.2 Å². The number of thiophene rings is 1. The minimum Gasteiger partial charge on any atom is -0.464 e. The summed E-state index contributed by atoms with van der Waals surface area (Å²) in [7, 11) is 0. The normalized spacial score (nSPS) is 19.7. The highest BCUT2D eigenvalue weighted by molar-refractivity contribution is 7.12. The van der Waals surface area contributed by atoms with Crippen molar-refractivity contribution in [3.63, 3.8) is 0 Å². The first-order valence-corrected chi connectivity index (χ1v) is 11.4. The highest BCUT2D eigenvalue weighted by atomic mass is 32.1. The van der Waals surface area contributed by atoms with Crippen molar-refractivity contribution in [1.29, 1.82) is 0 Å². The Bertz CT molecular complexity index is 1410. The van der Waals surface area contributed by atoms with Crippen LogP contribution in [0.15, 0.2) is 64.0 Å². The Labute approximate surface area is 183 Å².